The second kappa shape index (κ2) is 2.72. The Morgan fingerprint density at radius 3 is 3.00 bits per heavy atom. The molecule has 1 unspecified atom stereocenters. The molecule has 2 rings (SSSR count). The fourth-order valence-corrected chi connectivity index (χ4v) is 1.33. The summed E-state index contributed by atoms with van der Waals surface area (Å²) in [5.74, 6) is 0.863. The van der Waals surface area contributed by atoms with Gasteiger partial charge in [0.05, 0.1) is 6.54 Å². The fraction of sp³-hybridized carbons (Fsp3) is 0.875. The topological polar surface area (TPSA) is 33.6 Å². The van der Waals surface area contributed by atoms with Crippen LogP contribution in [-0.2, 0) is 4.74 Å². The molecule has 1 aliphatic carbocycles. The molecule has 0 saturated heterocycles. The van der Waals surface area contributed by atoms with Gasteiger partial charge in [-0.2, -0.15) is 0 Å². The number of nitrogens with one attached hydrogen (secondary N) is 1. The van der Waals surface area contributed by atoms with Crippen molar-refractivity contribution in [3.05, 3.63) is 0 Å². The van der Waals surface area contributed by atoms with E-state index >= 15 is 0 Å². The first-order valence-electron chi connectivity index (χ1n) is 4.30. The Labute approximate surface area is 66.8 Å². The Hall–Kier alpha value is -0.730. The van der Waals surface area contributed by atoms with E-state index in [1.807, 2.05) is 0 Å². The second-order valence-electron chi connectivity index (χ2n) is 3.31. The zero-order valence-corrected chi connectivity index (χ0v) is 6.84. The van der Waals surface area contributed by atoms with Crippen LogP contribution in [0.15, 0.2) is 4.99 Å². The van der Waals surface area contributed by atoms with Gasteiger partial charge in [0.1, 0.15) is 6.61 Å². The van der Waals surface area contributed by atoms with Crippen LogP contribution in [0.5, 0.6) is 0 Å². The lowest BCUT2D eigenvalue weighted by molar-refractivity contribution is 0.323. The first-order chi connectivity index (χ1) is 5.36. The van der Waals surface area contributed by atoms with Gasteiger partial charge in [0.25, 0.3) is 6.02 Å². The molecule has 0 aromatic carbocycles. The minimum Gasteiger partial charge on any atom is -0.463 e. The van der Waals surface area contributed by atoms with Crippen LogP contribution < -0.4 is 5.32 Å². The van der Waals surface area contributed by atoms with Crippen LogP contribution in [0.4, 0.5) is 0 Å². The molecule has 11 heavy (non-hydrogen) atoms. The zero-order valence-electron chi connectivity index (χ0n) is 6.84. The highest BCUT2D eigenvalue weighted by Crippen LogP contribution is 2.32. The van der Waals surface area contributed by atoms with E-state index in [4.69, 9.17) is 4.74 Å². The molecule has 0 aromatic rings. The van der Waals surface area contributed by atoms with Crippen LogP contribution in [0, 0.1) is 5.92 Å². The summed E-state index contributed by atoms with van der Waals surface area (Å²) in [6.45, 7) is 3.77. The summed E-state index contributed by atoms with van der Waals surface area (Å²) >= 11 is 0. The van der Waals surface area contributed by atoms with E-state index in [9.17, 15) is 0 Å². The lowest BCUT2D eigenvalue weighted by Crippen LogP contribution is -2.34. The van der Waals surface area contributed by atoms with Crippen LogP contribution >= 0.6 is 0 Å². The number of hydrogen-bond donors (Lipinski definition) is 1. The molecule has 62 valence electrons. The average molecular weight is 154 g/mol. The molecule has 1 saturated carbocycles. The molecule has 1 aliphatic heterocycles. The van der Waals surface area contributed by atoms with Crippen molar-refractivity contribution in [3.8, 4) is 0 Å². The number of ether oxygens (including phenoxy) is 1. The Bertz CT molecular complexity index is 175. The summed E-state index contributed by atoms with van der Waals surface area (Å²) < 4.78 is 5.24. The average Bonchev–Trinajstić information content (AvgIpc) is 2.73. The first-order valence-corrected chi connectivity index (χ1v) is 4.30. The highest BCUT2D eigenvalue weighted by Gasteiger charge is 2.29. The molecule has 0 spiro atoms. The van der Waals surface area contributed by atoms with Crippen molar-refractivity contribution >= 4 is 6.02 Å². The van der Waals surface area contributed by atoms with E-state index in [0.29, 0.717) is 6.04 Å². The molecule has 3 nitrogen and oxygen atoms in total. The van der Waals surface area contributed by atoms with Crippen LogP contribution in [0.1, 0.15) is 19.8 Å². The minimum atomic E-state index is 0.548. The van der Waals surface area contributed by atoms with E-state index in [-0.39, 0.29) is 0 Å². The summed E-state index contributed by atoms with van der Waals surface area (Å²) in [7, 11) is 0. The van der Waals surface area contributed by atoms with E-state index in [0.717, 1.165) is 25.1 Å². The van der Waals surface area contributed by atoms with Crippen LogP contribution in [0.2, 0.25) is 0 Å². The molecule has 0 bridgehead atoms. The maximum absolute atomic E-state index is 5.24. The summed E-state index contributed by atoms with van der Waals surface area (Å²) in [6.07, 6.45) is 2.73. The van der Waals surface area contributed by atoms with Gasteiger partial charge in [-0.25, -0.2) is 4.99 Å². The fourth-order valence-electron chi connectivity index (χ4n) is 1.33. The van der Waals surface area contributed by atoms with Gasteiger partial charge in [0, 0.05) is 6.04 Å². The normalized spacial score (nSPS) is 25.7. The van der Waals surface area contributed by atoms with Crippen LogP contribution in [0.3, 0.4) is 0 Å². The molecule has 0 radical (unpaired) electrons. The lowest BCUT2D eigenvalue weighted by atomic mass is 10.2. The molecule has 1 fully saturated rings. The first kappa shape index (κ1) is 6.95. The molecule has 1 atom stereocenters. The van der Waals surface area contributed by atoms with Gasteiger partial charge >= 0.3 is 0 Å². The summed E-state index contributed by atoms with van der Waals surface area (Å²) in [5, 5.41) is 3.27. The number of nitrogens with zero attached hydrogens (tertiary/aromatic N) is 1. The Kier molecular flexibility index (Phi) is 1.72. The number of rotatable bonds is 2. The molecule has 2 aliphatic rings. The molecule has 1 heterocycles. The van der Waals surface area contributed by atoms with Crippen molar-refractivity contribution in [1.29, 1.82) is 0 Å². The summed E-state index contributed by atoms with van der Waals surface area (Å²) in [6, 6.07) is 1.30. The van der Waals surface area contributed by atoms with Gasteiger partial charge in [0.2, 0.25) is 0 Å². The number of amidine groups is 1. The minimum absolute atomic E-state index is 0.548. The lowest BCUT2D eigenvalue weighted by Gasteiger charge is -2.12. The zero-order chi connectivity index (χ0) is 7.68. The van der Waals surface area contributed by atoms with E-state index in [2.05, 4.69) is 17.2 Å². The molecular formula is C8H14N2O. The monoisotopic (exact) mass is 154 g/mol. The standard InChI is InChI=1S/C8H14N2O/c1-6(7-2-3-7)10-8-9-4-5-11-8/h6-7H,2-5H2,1H3,(H,9,10). The maximum Gasteiger partial charge on any atom is 0.285 e. The second-order valence-corrected chi connectivity index (χ2v) is 3.31. The van der Waals surface area contributed by atoms with Gasteiger partial charge in [0.15, 0.2) is 0 Å². The van der Waals surface area contributed by atoms with Crippen molar-refractivity contribution in [3.63, 3.8) is 0 Å². The van der Waals surface area contributed by atoms with Crippen molar-refractivity contribution in [2.75, 3.05) is 13.2 Å². The molecule has 0 aromatic heterocycles. The Morgan fingerprint density at radius 1 is 1.64 bits per heavy atom. The van der Waals surface area contributed by atoms with Gasteiger partial charge in [-0.15, -0.1) is 0 Å². The van der Waals surface area contributed by atoms with Crippen LogP contribution in [0.25, 0.3) is 0 Å². The molecule has 1 N–H and O–H groups in total. The molecular weight excluding hydrogens is 140 g/mol. The van der Waals surface area contributed by atoms with E-state index in [1.54, 1.807) is 0 Å². The number of hydrogen-bond acceptors (Lipinski definition) is 3. The quantitative estimate of drug-likeness (QED) is 0.637. The van der Waals surface area contributed by atoms with E-state index < -0.39 is 0 Å². The van der Waals surface area contributed by atoms with Gasteiger partial charge in [-0.1, -0.05) is 0 Å². The van der Waals surface area contributed by atoms with Crippen molar-refractivity contribution in [1.82, 2.24) is 5.32 Å². The van der Waals surface area contributed by atoms with Crippen molar-refractivity contribution < 1.29 is 4.74 Å². The predicted octanol–water partition coefficient (Wildman–Crippen LogP) is 0.761. The third kappa shape index (κ3) is 1.64. The third-order valence-electron chi connectivity index (χ3n) is 2.27. The number of aliphatic imine (C=N–C) groups is 1. The molecule has 0 amide bonds. The van der Waals surface area contributed by atoms with Crippen molar-refractivity contribution in [2.45, 2.75) is 25.8 Å². The smallest absolute Gasteiger partial charge is 0.285 e. The van der Waals surface area contributed by atoms with Crippen molar-refractivity contribution in [2.24, 2.45) is 10.9 Å². The van der Waals surface area contributed by atoms with Gasteiger partial charge < -0.3 is 10.1 Å². The predicted molar refractivity (Wildman–Crippen MR) is 43.6 cm³/mol. The third-order valence-corrected chi connectivity index (χ3v) is 2.27. The van der Waals surface area contributed by atoms with Gasteiger partial charge in [-0.3, -0.25) is 0 Å². The largest absolute Gasteiger partial charge is 0.463 e. The highest BCUT2D eigenvalue weighted by atomic mass is 16.5. The molecule has 3 heteroatoms. The summed E-state index contributed by atoms with van der Waals surface area (Å²) in [4.78, 5) is 4.17. The highest BCUT2D eigenvalue weighted by molar-refractivity contribution is 5.75. The van der Waals surface area contributed by atoms with Gasteiger partial charge in [-0.05, 0) is 25.7 Å². The Balaban J connectivity index is 1.78. The van der Waals surface area contributed by atoms with E-state index in [1.165, 1.54) is 12.8 Å². The Morgan fingerprint density at radius 2 is 2.45 bits per heavy atom. The summed E-state index contributed by atoms with van der Waals surface area (Å²) in [5.41, 5.74) is 0. The SMILES string of the molecule is CC(NC1=NCCO1)C1CC1. The maximum atomic E-state index is 5.24. The van der Waals surface area contributed by atoms with Crippen LogP contribution in [-0.4, -0.2) is 25.2 Å².